The number of benzene rings is 1. The van der Waals surface area contributed by atoms with Gasteiger partial charge in [0.25, 0.3) is 0 Å². The zero-order valence-electron chi connectivity index (χ0n) is 14.0. The number of aliphatic hydroxyl groups excluding tert-OH is 1. The summed E-state index contributed by atoms with van der Waals surface area (Å²) in [5.74, 6) is 0.485. The first-order valence-electron chi connectivity index (χ1n) is 8.40. The highest BCUT2D eigenvalue weighted by Gasteiger charge is 2.22. The van der Waals surface area contributed by atoms with Crippen LogP contribution in [0.5, 0.6) is 0 Å². The molecule has 1 atom stereocenters. The molecule has 2 N–H and O–H groups in total. The zero-order valence-corrected chi connectivity index (χ0v) is 14.7. The maximum Gasteiger partial charge on any atom is 0.220 e. The van der Waals surface area contributed by atoms with E-state index in [1.54, 1.807) is 24.3 Å². The van der Waals surface area contributed by atoms with Crippen LogP contribution in [0.15, 0.2) is 24.3 Å². The molecule has 0 aliphatic carbocycles. The minimum Gasteiger partial charge on any atom is -0.387 e. The van der Waals surface area contributed by atoms with Crippen LogP contribution in [-0.2, 0) is 4.79 Å². The van der Waals surface area contributed by atoms with Crippen LogP contribution in [-0.4, -0.2) is 41.6 Å². The second-order valence-electron chi connectivity index (χ2n) is 6.65. The van der Waals surface area contributed by atoms with Crippen molar-refractivity contribution >= 4 is 17.5 Å². The van der Waals surface area contributed by atoms with E-state index >= 15 is 0 Å². The summed E-state index contributed by atoms with van der Waals surface area (Å²) in [5.41, 5.74) is 0.764. The van der Waals surface area contributed by atoms with Crippen LogP contribution in [0.3, 0.4) is 0 Å². The van der Waals surface area contributed by atoms with E-state index in [4.69, 9.17) is 11.6 Å². The quantitative estimate of drug-likeness (QED) is 0.838. The van der Waals surface area contributed by atoms with Crippen LogP contribution in [0.2, 0.25) is 5.02 Å². The molecule has 1 amide bonds. The van der Waals surface area contributed by atoms with Crippen LogP contribution in [0.1, 0.15) is 44.8 Å². The average molecular weight is 339 g/mol. The number of rotatable bonds is 6. The Bertz CT molecular complexity index is 496. The largest absolute Gasteiger partial charge is 0.387 e. The zero-order chi connectivity index (χ0) is 16.8. The molecule has 128 valence electrons. The predicted molar refractivity (Wildman–Crippen MR) is 93.5 cm³/mol. The molecule has 1 aliphatic heterocycles. The molecule has 0 spiro atoms. The number of aliphatic hydroxyl groups is 1. The highest BCUT2D eigenvalue weighted by Crippen LogP contribution is 2.22. The van der Waals surface area contributed by atoms with Gasteiger partial charge in [-0.1, -0.05) is 23.7 Å². The fraction of sp³-hybridized carbons (Fsp3) is 0.611. The molecule has 23 heavy (non-hydrogen) atoms. The average Bonchev–Trinajstić information content (AvgIpc) is 2.54. The molecule has 1 saturated heterocycles. The summed E-state index contributed by atoms with van der Waals surface area (Å²) in [7, 11) is 0. The van der Waals surface area contributed by atoms with Gasteiger partial charge in [0.15, 0.2) is 0 Å². The lowest BCUT2D eigenvalue weighted by atomic mass is 9.92. The van der Waals surface area contributed by atoms with E-state index in [-0.39, 0.29) is 12.5 Å². The number of amides is 1. The molecule has 0 bridgehead atoms. The third kappa shape index (κ3) is 5.79. The SMILES string of the molecule is CC(C)N1CCC(CC(=O)NCC(O)c2ccc(Cl)cc2)CC1. The summed E-state index contributed by atoms with van der Waals surface area (Å²) in [6, 6.07) is 7.62. The molecule has 0 radical (unpaired) electrons. The smallest absolute Gasteiger partial charge is 0.220 e. The summed E-state index contributed by atoms with van der Waals surface area (Å²) in [4.78, 5) is 14.5. The van der Waals surface area contributed by atoms with Crippen LogP contribution in [0.4, 0.5) is 0 Å². The summed E-state index contributed by atoms with van der Waals surface area (Å²) >= 11 is 5.83. The molecule has 1 aromatic carbocycles. The van der Waals surface area contributed by atoms with Gasteiger partial charge in [-0.15, -0.1) is 0 Å². The maximum atomic E-state index is 12.1. The molecule has 1 unspecified atom stereocenters. The fourth-order valence-corrected chi connectivity index (χ4v) is 3.15. The summed E-state index contributed by atoms with van der Waals surface area (Å²) in [6.07, 6.45) is 2.01. The van der Waals surface area contributed by atoms with Crippen LogP contribution >= 0.6 is 11.6 Å². The molecule has 1 aliphatic rings. The lowest BCUT2D eigenvalue weighted by Gasteiger charge is -2.34. The van der Waals surface area contributed by atoms with Crippen molar-refractivity contribution in [2.75, 3.05) is 19.6 Å². The molecule has 4 nitrogen and oxygen atoms in total. The van der Waals surface area contributed by atoms with Crippen molar-refractivity contribution in [3.63, 3.8) is 0 Å². The topological polar surface area (TPSA) is 52.6 Å². The van der Waals surface area contributed by atoms with Crippen molar-refractivity contribution in [2.24, 2.45) is 5.92 Å². The number of likely N-dealkylation sites (tertiary alicyclic amines) is 1. The minimum absolute atomic E-state index is 0.0287. The molecule has 1 heterocycles. The number of nitrogens with one attached hydrogen (secondary N) is 1. The van der Waals surface area contributed by atoms with Gasteiger partial charge in [-0.25, -0.2) is 0 Å². The van der Waals surface area contributed by atoms with Gasteiger partial charge in [0, 0.05) is 24.0 Å². The van der Waals surface area contributed by atoms with Crippen molar-refractivity contribution in [3.05, 3.63) is 34.9 Å². The Balaban J connectivity index is 1.70. The fourth-order valence-electron chi connectivity index (χ4n) is 3.02. The number of hydrogen-bond acceptors (Lipinski definition) is 3. The van der Waals surface area contributed by atoms with Crippen molar-refractivity contribution < 1.29 is 9.90 Å². The standard InChI is InChI=1S/C18H27ClN2O2/c1-13(2)21-9-7-14(8-10-21)11-18(23)20-12-17(22)15-3-5-16(19)6-4-15/h3-6,13-14,17,22H,7-12H2,1-2H3,(H,20,23). The highest BCUT2D eigenvalue weighted by molar-refractivity contribution is 6.30. The molecule has 2 rings (SSSR count). The van der Waals surface area contributed by atoms with E-state index in [0.717, 1.165) is 31.5 Å². The lowest BCUT2D eigenvalue weighted by Crippen LogP contribution is -2.40. The number of piperidine rings is 1. The normalized spacial score (nSPS) is 18.1. The number of hydrogen-bond donors (Lipinski definition) is 2. The van der Waals surface area contributed by atoms with E-state index in [0.29, 0.717) is 23.4 Å². The van der Waals surface area contributed by atoms with Gasteiger partial charge in [-0.3, -0.25) is 4.79 Å². The van der Waals surface area contributed by atoms with Crippen molar-refractivity contribution in [2.45, 2.75) is 45.3 Å². The third-order valence-corrected chi connectivity index (χ3v) is 4.85. The van der Waals surface area contributed by atoms with Crippen LogP contribution in [0, 0.1) is 5.92 Å². The molecular weight excluding hydrogens is 312 g/mol. The Morgan fingerprint density at radius 3 is 2.48 bits per heavy atom. The van der Waals surface area contributed by atoms with Gasteiger partial charge in [-0.05, 0) is 63.4 Å². The first-order valence-corrected chi connectivity index (χ1v) is 8.77. The van der Waals surface area contributed by atoms with Crippen molar-refractivity contribution in [1.82, 2.24) is 10.2 Å². The Kier molecular flexibility index (Phi) is 6.88. The molecule has 1 fully saturated rings. The molecular formula is C18H27ClN2O2. The summed E-state index contributed by atoms with van der Waals surface area (Å²) in [5, 5.41) is 13.6. The van der Waals surface area contributed by atoms with Gasteiger partial charge in [0.2, 0.25) is 5.91 Å². The van der Waals surface area contributed by atoms with Crippen LogP contribution in [0.25, 0.3) is 0 Å². The monoisotopic (exact) mass is 338 g/mol. The van der Waals surface area contributed by atoms with Gasteiger partial charge in [-0.2, -0.15) is 0 Å². The number of halogens is 1. The van der Waals surface area contributed by atoms with E-state index in [2.05, 4.69) is 24.1 Å². The molecule has 0 saturated carbocycles. The van der Waals surface area contributed by atoms with Crippen LogP contribution < -0.4 is 5.32 Å². The Labute approximate surface area is 143 Å². The summed E-state index contributed by atoms with van der Waals surface area (Å²) < 4.78 is 0. The lowest BCUT2D eigenvalue weighted by molar-refractivity contribution is -0.122. The van der Waals surface area contributed by atoms with Gasteiger partial charge in [0.1, 0.15) is 0 Å². The number of nitrogens with zero attached hydrogens (tertiary/aromatic N) is 1. The Morgan fingerprint density at radius 2 is 1.91 bits per heavy atom. The number of carbonyl (C=O) groups excluding carboxylic acids is 1. The molecule has 5 heteroatoms. The van der Waals surface area contributed by atoms with E-state index in [9.17, 15) is 9.90 Å². The Morgan fingerprint density at radius 1 is 1.30 bits per heavy atom. The minimum atomic E-state index is -0.695. The van der Waals surface area contributed by atoms with Gasteiger partial charge < -0.3 is 15.3 Å². The van der Waals surface area contributed by atoms with Gasteiger partial charge >= 0.3 is 0 Å². The first-order chi connectivity index (χ1) is 11.0. The third-order valence-electron chi connectivity index (χ3n) is 4.60. The van der Waals surface area contributed by atoms with Crippen molar-refractivity contribution in [3.8, 4) is 0 Å². The molecule has 1 aromatic rings. The first kappa shape index (κ1) is 18.2. The second-order valence-corrected chi connectivity index (χ2v) is 7.09. The van der Waals surface area contributed by atoms with Gasteiger partial charge in [0.05, 0.1) is 6.10 Å². The van der Waals surface area contributed by atoms with E-state index < -0.39 is 6.10 Å². The number of carbonyl (C=O) groups is 1. The highest BCUT2D eigenvalue weighted by atomic mass is 35.5. The predicted octanol–water partition coefficient (Wildman–Crippen LogP) is 3.00. The van der Waals surface area contributed by atoms with Crippen molar-refractivity contribution in [1.29, 1.82) is 0 Å². The summed E-state index contributed by atoms with van der Waals surface area (Å²) in [6.45, 7) is 6.81. The second kappa shape index (κ2) is 8.67. The Hall–Kier alpha value is -1.10. The van der Waals surface area contributed by atoms with E-state index in [1.807, 2.05) is 0 Å². The maximum absolute atomic E-state index is 12.1. The molecule has 0 aromatic heterocycles. The van der Waals surface area contributed by atoms with E-state index in [1.165, 1.54) is 0 Å².